The number of carbonyl (C=O) groups is 1. The summed E-state index contributed by atoms with van der Waals surface area (Å²) in [5, 5.41) is 14.7. The molecule has 0 spiro atoms. The third-order valence-corrected chi connectivity index (χ3v) is 5.48. The Morgan fingerprint density at radius 2 is 1.89 bits per heavy atom. The van der Waals surface area contributed by atoms with E-state index in [1.54, 1.807) is 11.7 Å². The van der Waals surface area contributed by atoms with Crippen LogP contribution in [0, 0.1) is 0 Å². The minimum Gasteiger partial charge on any atom is -0.324 e. The van der Waals surface area contributed by atoms with Crippen LogP contribution in [0.25, 0.3) is 11.4 Å². The highest BCUT2D eigenvalue weighted by Crippen LogP contribution is 2.28. The van der Waals surface area contributed by atoms with Crippen LogP contribution in [-0.2, 0) is 11.8 Å². The van der Waals surface area contributed by atoms with Crippen LogP contribution in [0.3, 0.4) is 0 Å². The second-order valence-electron chi connectivity index (χ2n) is 6.89. The Morgan fingerprint density at radius 3 is 2.57 bits per heavy atom. The highest BCUT2D eigenvalue weighted by molar-refractivity contribution is 9.10. The van der Waals surface area contributed by atoms with Crippen molar-refractivity contribution in [3.63, 3.8) is 0 Å². The van der Waals surface area contributed by atoms with Gasteiger partial charge in [0.05, 0.1) is 0 Å². The van der Waals surface area contributed by atoms with Crippen molar-refractivity contribution in [2.45, 2.75) is 18.9 Å². The number of halogens is 1. The van der Waals surface area contributed by atoms with E-state index in [0.717, 1.165) is 47.2 Å². The number of rotatable bonds is 5. The number of hydrogen-bond acceptors (Lipinski definition) is 5. The molecule has 0 aliphatic carbocycles. The lowest BCUT2D eigenvalue weighted by atomic mass is 10.0. The van der Waals surface area contributed by atoms with Gasteiger partial charge in [0.15, 0.2) is 5.82 Å². The van der Waals surface area contributed by atoms with E-state index in [4.69, 9.17) is 0 Å². The van der Waals surface area contributed by atoms with Crippen LogP contribution in [0.1, 0.15) is 24.4 Å². The van der Waals surface area contributed by atoms with Gasteiger partial charge in [0, 0.05) is 22.8 Å². The Kier molecular flexibility index (Phi) is 5.50. The van der Waals surface area contributed by atoms with Crippen molar-refractivity contribution in [1.29, 1.82) is 0 Å². The predicted octanol–water partition coefficient (Wildman–Crippen LogP) is 3.42. The average molecular weight is 441 g/mol. The van der Waals surface area contributed by atoms with Gasteiger partial charge in [-0.1, -0.05) is 40.2 Å². The summed E-state index contributed by atoms with van der Waals surface area (Å²) < 4.78 is 2.61. The molecule has 2 aromatic carbocycles. The maximum atomic E-state index is 13.2. The molecule has 0 saturated carbocycles. The zero-order valence-corrected chi connectivity index (χ0v) is 17.1. The normalized spacial score (nSPS) is 15.5. The van der Waals surface area contributed by atoms with Crippen molar-refractivity contribution in [3.05, 3.63) is 58.6 Å². The van der Waals surface area contributed by atoms with Crippen LogP contribution in [-0.4, -0.2) is 44.1 Å². The monoisotopic (exact) mass is 440 g/mol. The molecule has 1 N–H and O–H groups in total. The first kappa shape index (κ1) is 18.8. The van der Waals surface area contributed by atoms with Crippen LogP contribution in [0.4, 0.5) is 5.69 Å². The quantitative estimate of drug-likeness (QED) is 0.657. The molecule has 0 bridgehead atoms. The van der Waals surface area contributed by atoms with Gasteiger partial charge >= 0.3 is 0 Å². The minimum absolute atomic E-state index is 0.0301. The van der Waals surface area contributed by atoms with Gasteiger partial charge < -0.3 is 5.32 Å². The minimum atomic E-state index is -0.309. The molecule has 28 heavy (non-hydrogen) atoms. The van der Waals surface area contributed by atoms with E-state index < -0.39 is 0 Å². The average Bonchev–Trinajstić information content (AvgIpc) is 3.36. The van der Waals surface area contributed by atoms with E-state index >= 15 is 0 Å². The Bertz CT molecular complexity index is 965. The van der Waals surface area contributed by atoms with Crippen LogP contribution in [0.2, 0.25) is 0 Å². The van der Waals surface area contributed by atoms with E-state index in [9.17, 15) is 4.79 Å². The number of nitrogens with zero attached hydrogens (tertiary/aromatic N) is 5. The maximum absolute atomic E-state index is 13.2. The van der Waals surface area contributed by atoms with Crippen LogP contribution >= 0.6 is 15.9 Å². The Labute approximate surface area is 171 Å². The fraction of sp³-hybridized carbons (Fsp3) is 0.300. The third-order valence-electron chi connectivity index (χ3n) is 4.95. The molecule has 1 aliphatic rings. The van der Waals surface area contributed by atoms with Crippen molar-refractivity contribution in [2.24, 2.45) is 7.05 Å². The van der Waals surface area contributed by atoms with Crippen molar-refractivity contribution < 1.29 is 4.79 Å². The zero-order chi connectivity index (χ0) is 19.5. The van der Waals surface area contributed by atoms with E-state index in [-0.39, 0.29) is 11.9 Å². The second kappa shape index (κ2) is 8.20. The van der Waals surface area contributed by atoms with Crippen molar-refractivity contribution in [1.82, 2.24) is 25.1 Å². The standard InChI is InChI=1S/C20H21BrN6O/c1-26-19(23-24-25-26)15-5-4-6-17(13-15)22-20(28)18(27-11-2-3-12-27)14-7-9-16(21)10-8-14/h4-10,13,18H,2-3,11-12H2,1H3,(H,22,28)/t18-/m1/s1. The van der Waals surface area contributed by atoms with E-state index in [1.807, 2.05) is 48.5 Å². The molecule has 7 nitrogen and oxygen atoms in total. The molecule has 0 unspecified atom stereocenters. The van der Waals surface area contributed by atoms with Gasteiger partial charge in [0.2, 0.25) is 5.91 Å². The SMILES string of the molecule is Cn1nnnc1-c1cccc(NC(=O)[C@@H](c2ccc(Br)cc2)N2CCCC2)c1. The number of aryl methyl sites for hydroxylation is 1. The highest BCUT2D eigenvalue weighted by atomic mass is 79.9. The topological polar surface area (TPSA) is 75.9 Å². The number of aromatic nitrogens is 4. The lowest BCUT2D eigenvalue weighted by Crippen LogP contribution is -2.35. The summed E-state index contributed by atoms with van der Waals surface area (Å²) in [6.45, 7) is 1.86. The fourth-order valence-electron chi connectivity index (χ4n) is 3.59. The summed E-state index contributed by atoms with van der Waals surface area (Å²) in [7, 11) is 1.79. The van der Waals surface area contributed by atoms with Gasteiger partial charge in [-0.2, -0.15) is 0 Å². The summed E-state index contributed by atoms with van der Waals surface area (Å²) in [6, 6.07) is 15.3. The van der Waals surface area contributed by atoms with E-state index in [0.29, 0.717) is 5.82 Å². The molecular weight excluding hydrogens is 420 g/mol. The molecule has 144 valence electrons. The molecule has 1 aliphatic heterocycles. The molecule has 2 heterocycles. The molecule has 1 atom stereocenters. The van der Waals surface area contributed by atoms with Crippen LogP contribution in [0.5, 0.6) is 0 Å². The zero-order valence-electron chi connectivity index (χ0n) is 15.5. The van der Waals surface area contributed by atoms with Crippen LogP contribution < -0.4 is 5.32 Å². The fourth-order valence-corrected chi connectivity index (χ4v) is 3.86. The Hall–Kier alpha value is -2.58. The summed E-state index contributed by atoms with van der Waals surface area (Å²) in [5.74, 6) is 0.623. The molecule has 1 saturated heterocycles. The van der Waals surface area contributed by atoms with Gasteiger partial charge in [-0.3, -0.25) is 9.69 Å². The number of benzene rings is 2. The largest absolute Gasteiger partial charge is 0.324 e. The van der Waals surface area contributed by atoms with Gasteiger partial charge in [-0.15, -0.1) is 5.10 Å². The van der Waals surface area contributed by atoms with Gasteiger partial charge in [0.1, 0.15) is 6.04 Å². The Balaban J connectivity index is 1.59. The van der Waals surface area contributed by atoms with Gasteiger partial charge in [-0.25, -0.2) is 4.68 Å². The Morgan fingerprint density at radius 1 is 1.14 bits per heavy atom. The lowest BCUT2D eigenvalue weighted by molar-refractivity contribution is -0.121. The third kappa shape index (κ3) is 3.98. The summed E-state index contributed by atoms with van der Waals surface area (Å²) >= 11 is 3.47. The molecule has 1 aromatic heterocycles. The number of tetrazole rings is 1. The predicted molar refractivity (Wildman–Crippen MR) is 111 cm³/mol. The number of hydrogen-bond donors (Lipinski definition) is 1. The molecule has 4 rings (SSSR count). The first-order chi connectivity index (χ1) is 13.6. The summed E-state index contributed by atoms with van der Waals surface area (Å²) in [5.41, 5.74) is 2.58. The maximum Gasteiger partial charge on any atom is 0.246 e. The van der Waals surface area contributed by atoms with Crippen LogP contribution in [0.15, 0.2) is 53.0 Å². The number of anilines is 1. The highest BCUT2D eigenvalue weighted by Gasteiger charge is 2.29. The van der Waals surface area contributed by atoms with Crippen molar-refractivity contribution in [3.8, 4) is 11.4 Å². The number of amides is 1. The number of likely N-dealkylation sites (tertiary alicyclic amines) is 1. The van der Waals surface area contributed by atoms with Gasteiger partial charge in [-0.05, 0) is 66.2 Å². The molecular formula is C20H21BrN6O. The molecule has 0 radical (unpaired) electrons. The molecule has 1 amide bonds. The van der Waals surface area contributed by atoms with Gasteiger partial charge in [0.25, 0.3) is 0 Å². The number of nitrogens with one attached hydrogen (secondary N) is 1. The molecule has 3 aromatic rings. The first-order valence-corrected chi connectivity index (χ1v) is 10.0. The van der Waals surface area contributed by atoms with Crippen molar-refractivity contribution in [2.75, 3.05) is 18.4 Å². The van der Waals surface area contributed by atoms with E-state index in [2.05, 4.69) is 41.7 Å². The van der Waals surface area contributed by atoms with E-state index in [1.165, 1.54) is 0 Å². The first-order valence-electron chi connectivity index (χ1n) is 9.25. The summed E-state index contributed by atoms with van der Waals surface area (Å²) in [4.78, 5) is 15.5. The number of carbonyl (C=O) groups excluding carboxylic acids is 1. The summed E-state index contributed by atoms with van der Waals surface area (Å²) in [6.07, 6.45) is 2.24. The molecule has 1 fully saturated rings. The lowest BCUT2D eigenvalue weighted by Gasteiger charge is -2.27. The van der Waals surface area contributed by atoms with Crippen molar-refractivity contribution >= 4 is 27.5 Å². The molecule has 8 heteroatoms. The smallest absolute Gasteiger partial charge is 0.246 e. The second-order valence-corrected chi connectivity index (χ2v) is 7.81.